The van der Waals surface area contributed by atoms with Gasteiger partial charge in [0.2, 0.25) is 0 Å². The molecule has 2 nitrogen and oxygen atoms in total. The van der Waals surface area contributed by atoms with Gasteiger partial charge in [0.25, 0.3) is 0 Å². The minimum atomic E-state index is 0.674. The van der Waals surface area contributed by atoms with Crippen molar-refractivity contribution in [1.29, 1.82) is 0 Å². The third-order valence-corrected chi connectivity index (χ3v) is 1.47. The first-order valence-corrected chi connectivity index (χ1v) is 3.51. The van der Waals surface area contributed by atoms with Crippen molar-refractivity contribution in [3.05, 3.63) is 0 Å². The smallest absolute Gasteiger partial charge is 0.00218 e. The third-order valence-electron chi connectivity index (χ3n) is 1.47. The summed E-state index contributed by atoms with van der Waals surface area (Å²) in [6, 6.07) is 0. The Morgan fingerprint density at radius 3 is 2.33 bits per heavy atom. The molecule has 0 spiro atoms. The Morgan fingerprint density at radius 2 is 2.00 bits per heavy atom. The average molecular weight is 130 g/mol. The molecule has 0 aliphatic heterocycles. The first-order chi connectivity index (χ1) is 4.16. The first kappa shape index (κ1) is 8.92. The van der Waals surface area contributed by atoms with Gasteiger partial charge in [0.05, 0.1) is 0 Å². The molecule has 9 heavy (non-hydrogen) atoms. The number of hydrogen-bond acceptors (Lipinski definition) is 2. The molecule has 0 saturated heterocycles. The van der Waals surface area contributed by atoms with Crippen molar-refractivity contribution < 1.29 is 0 Å². The van der Waals surface area contributed by atoms with E-state index in [1.165, 1.54) is 6.42 Å². The molecule has 0 amide bonds. The van der Waals surface area contributed by atoms with E-state index < -0.39 is 0 Å². The van der Waals surface area contributed by atoms with Crippen LogP contribution in [0.25, 0.3) is 0 Å². The van der Waals surface area contributed by atoms with Crippen LogP contribution >= 0.6 is 0 Å². The molecular formula is C7H18N2. The normalized spacial score (nSPS) is 14.3. The van der Waals surface area contributed by atoms with E-state index in [9.17, 15) is 0 Å². The SMILES string of the molecule is CC(CN)CCN(C)C. The summed E-state index contributed by atoms with van der Waals surface area (Å²) in [5, 5.41) is 0. The van der Waals surface area contributed by atoms with Crippen LogP contribution < -0.4 is 5.73 Å². The molecule has 0 aromatic carbocycles. The van der Waals surface area contributed by atoms with E-state index in [1.54, 1.807) is 0 Å². The van der Waals surface area contributed by atoms with Gasteiger partial charge in [-0.2, -0.15) is 0 Å². The van der Waals surface area contributed by atoms with E-state index in [2.05, 4.69) is 25.9 Å². The van der Waals surface area contributed by atoms with E-state index in [0.29, 0.717) is 5.92 Å². The molecule has 56 valence electrons. The molecule has 0 aliphatic carbocycles. The van der Waals surface area contributed by atoms with Crippen LogP contribution in [-0.2, 0) is 0 Å². The third kappa shape index (κ3) is 5.80. The lowest BCUT2D eigenvalue weighted by molar-refractivity contribution is 0.363. The van der Waals surface area contributed by atoms with Crippen LogP contribution in [0.5, 0.6) is 0 Å². The fourth-order valence-electron chi connectivity index (χ4n) is 0.596. The second-order valence-electron chi connectivity index (χ2n) is 2.93. The summed E-state index contributed by atoms with van der Waals surface area (Å²) in [4.78, 5) is 2.19. The van der Waals surface area contributed by atoms with E-state index in [-0.39, 0.29) is 0 Å². The van der Waals surface area contributed by atoms with Gasteiger partial charge < -0.3 is 10.6 Å². The molecule has 0 heterocycles. The quantitative estimate of drug-likeness (QED) is 0.601. The van der Waals surface area contributed by atoms with Crippen LogP contribution in [0.4, 0.5) is 0 Å². The van der Waals surface area contributed by atoms with Crippen LogP contribution in [0.3, 0.4) is 0 Å². The molecule has 0 aromatic rings. The Morgan fingerprint density at radius 1 is 1.44 bits per heavy atom. The zero-order valence-electron chi connectivity index (χ0n) is 6.72. The number of nitrogens with zero attached hydrogens (tertiary/aromatic N) is 1. The van der Waals surface area contributed by atoms with Crippen LogP contribution in [0.1, 0.15) is 13.3 Å². The summed E-state index contributed by atoms with van der Waals surface area (Å²) in [7, 11) is 4.17. The topological polar surface area (TPSA) is 29.3 Å². The van der Waals surface area contributed by atoms with Crippen molar-refractivity contribution in [2.24, 2.45) is 11.7 Å². The van der Waals surface area contributed by atoms with E-state index >= 15 is 0 Å². The Balaban J connectivity index is 3.06. The van der Waals surface area contributed by atoms with Crippen molar-refractivity contribution in [3.63, 3.8) is 0 Å². The largest absolute Gasteiger partial charge is 0.330 e. The highest BCUT2D eigenvalue weighted by Crippen LogP contribution is 1.98. The molecule has 0 aromatic heterocycles. The lowest BCUT2D eigenvalue weighted by Crippen LogP contribution is -2.19. The minimum absolute atomic E-state index is 0.674. The first-order valence-electron chi connectivity index (χ1n) is 3.51. The summed E-state index contributed by atoms with van der Waals surface area (Å²) < 4.78 is 0. The van der Waals surface area contributed by atoms with Crippen LogP contribution in [0, 0.1) is 5.92 Å². The van der Waals surface area contributed by atoms with E-state index in [0.717, 1.165) is 13.1 Å². The molecule has 0 bridgehead atoms. The number of rotatable bonds is 4. The lowest BCUT2D eigenvalue weighted by atomic mass is 10.1. The van der Waals surface area contributed by atoms with E-state index in [1.807, 2.05) is 0 Å². The van der Waals surface area contributed by atoms with Gasteiger partial charge in [-0.3, -0.25) is 0 Å². The highest BCUT2D eigenvalue weighted by molar-refractivity contribution is 4.54. The van der Waals surface area contributed by atoms with Crippen molar-refractivity contribution in [3.8, 4) is 0 Å². The van der Waals surface area contributed by atoms with Gasteiger partial charge >= 0.3 is 0 Å². The van der Waals surface area contributed by atoms with Crippen LogP contribution in [-0.4, -0.2) is 32.1 Å². The molecule has 1 unspecified atom stereocenters. The Hall–Kier alpha value is -0.0800. The van der Waals surface area contributed by atoms with Gasteiger partial charge in [-0.25, -0.2) is 0 Å². The standard InChI is InChI=1S/C7H18N2/c1-7(6-8)4-5-9(2)3/h7H,4-6,8H2,1-3H3. The summed E-state index contributed by atoms with van der Waals surface area (Å²) >= 11 is 0. The van der Waals surface area contributed by atoms with Crippen molar-refractivity contribution in [2.75, 3.05) is 27.2 Å². The van der Waals surface area contributed by atoms with Crippen LogP contribution in [0.15, 0.2) is 0 Å². The molecular weight excluding hydrogens is 112 g/mol. The molecule has 2 N–H and O–H groups in total. The maximum absolute atomic E-state index is 5.44. The van der Waals surface area contributed by atoms with E-state index in [4.69, 9.17) is 5.73 Å². The maximum Gasteiger partial charge on any atom is -0.00218 e. The summed E-state index contributed by atoms with van der Waals surface area (Å²) in [6.45, 7) is 4.15. The predicted molar refractivity (Wildman–Crippen MR) is 41.4 cm³/mol. The highest BCUT2D eigenvalue weighted by Gasteiger charge is 1.97. The zero-order chi connectivity index (χ0) is 7.28. The second-order valence-corrected chi connectivity index (χ2v) is 2.93. The molecule has 0 aliphatic rings. The minimum Gasteiger partial charge on any atom is -0.330 e. The fourth-order valence-corrected chi connectivity index (χ4v) is 0.596. The molecule has 0 fully saturated rings. The van der Waals surface area contributed by atoms with Gasteiger partial charge in [-0.05, 0) is 39.5 Å². The Kier molecular flexibility index (Phi) is 4.72. The van der Waals surface area contributed by atoms with Gasteiger partial charge in [0.15, 0.2) is 0 Å². The monoisotopic (exact) mass is 130 g/mol. The van der Waals surface area contributed by atoms with Gasteiger partial charge in [-0.1, -0.05) is 6.92 Å². The Bertz CT molecular complexity index is 61.9. The maximum atomic E-state index is 5.44. The molecule has 0 saturated carbocycles. The number of hydrogen-bond donors (Lipinski definition) is 1. The highest BCUT2D eigenvalue weighted by atomic mass is 15.0. The number of nitrogens with two attached hydrogens (primary N) is 1. The summed E-state index contributed by atoms with van der Waals surface area (Å²) in [5.74, 6) is 0.674. The molecule has 0 radical (unpaired) electrons. The lowest BCUT2D eigenvalue weighted by Gasteiger charge is -2.12. The summed E-state index contributed by atoms with van der Waals surface area (Å²) in [6.07, 6.45) is 1.21. The fraction of sp³-hybridized carbons (Fsp3) is 1.00. The molecule has 0 rings (SSSR count). The van der Waals surface area contributed by atoms with Crippen molar-refractivity contribution in [2.45, 2.75) is 13.3 Å². The van der Waals surface area contributed by atoms with Crippen LogP contribution in [0.2, 0.25) is 0 Å². The zero-order valence-corrected chi connectivity index (χ0v) is 6.72. The molecule has 1 atom stereocenters. The van der Waals surface area contributed by atoms with Crippen molar-refractivity contribution in [1.82, 2.24) is 4.90 Å². The van der Waals surface area contributed by atoms with Gasteiger partial charge in [-0.15, -0.1) is 0 Å². The van der Waals surface area contributed by atoms with Crippen molar-refractivity contribution >= 4 is 0 Å². The van der Waals surface area contributed by atoms with Gasteiger partial charge in [0, 0.05) is 0 Å². The Labute approximate surface area is 58.0 Å². The van der Waals surface area contributed by atoms with Gasteiger partial charge in [0.1, 0.15) is 0 Å². The average Bonchev–Trinajstić information content (AvgIpc) is 1.83. The molecule has 2 heteroatoms. The summed E-state index contributed by atoms with van der Waals surface area (Å²) in [5.41, 5.74) is 5.44. The predicted octanol–water partition coefficient (Wildman–Crippen LogP) is 0.533. The second kappa shape index (κ2) is 4.77.